The van der Waals surface area contributed by atoms with Crippen molar-refractivity contribution in [3.63, 3.8) is 0 Å². The largest absolute Gasteiger partial charge is 0.398 e. The molecule has 0 spiro atoms. The van der Waals surface area contributed by atoms with E-state index in [4.69, 9.17) is 17.3 Å². The number of hydrogen-bond acceptors (Lipinski definition) is 2. The molecule has 1 fully saturated rings. The molecule has 1 aliphatic rings. The van der Waals surface area contributed by atoms with Gasteiger partial charge < -0.3 is 5.73 Å². The zero-order chi connectivity index (χ0) is 13.3. The Morgan fingerprint density at radius 1 is 1.33 bits per heavy atom. The van der Waals surface area contributed by atoms with Crippen molar-refractivity contribution in [2.75, 3.05) is 12.3 Å². The standard InChI is InChI=1S/C15H23ClN2/c1-10-6-11(2)12(3)18(8-10)9-13-4-5-14(16)15(17)7-13/h4-5,7,10-12H,6,8-9,17H2,1-3H3. The van der Waals surface area contributed by atoms with Gasteiger partial charge in [-0.3, -0.25) is 4.90 Å². The average Bonchev–Trinajstić information content (AvgIpc) is 2.30. The number of piperidine rings is 1. The van der Waals surface area contributed by atoms with Crippen molar-refractivity contribution >= 4 is 17.3 Å². The van der Waals surface area contributed by atoms with Crippen molar-refractivity contribution in [3.05, 3.63) is 28.8 Å². The summed E-state index contributed by atoms with van der Waals surface area (Å²) in [6.45, 7) is 9.16. The lowest BCUT2D eigenvalue weighted by atomic mass is 9.86. The van der Waals surface area contributed by atoms with Crippen LogP contribution in [-0.4, -0.2) is 17.5 Å². The van der Waals surface area contributed by atoms with Gasteiger partial charge in [0.25, 0.3) is 0 Å². The van der Waals surface area contributed by atoms with E-state index in [1.54, 1.807) is 0 Å². The maximum atomic E-state index is 5.96. The Hall–Kier alpha value is -0.730. The number of halogens is 1. The quantitative estimate of drug-likeness (QED) is 0.826. The van der Waals surface area contributed by atoms with Gasteiger partial charge in [0, 0.05) is 19.1 Å². The smallest absolute Gasteiger partial charge is 0.0635 e. The van der Waals surface area contributed by atoms with Crippen LogP contribution < -0.4 is 5.73 Å². The summed E-state index contributed by atoms with van der Waals surface area (Å²) in [7, 11) is 0. The molecule has 3 unspecified atom stereocenters. The first-order valence-electron chi connectivity index (χ1n) is 6.75. The predicted molar refractivity (Wildman–Crippen MR) is 78.7 cm³/mol. The van der Waals surface area contributed by atoms with Crippen molar-refractivity contribution < 1.29 is 0 Å². The zero-order valence-corrected chi connectivity index (χ0v) is 12.2. The van der Waals surface area contributed by atoms with E-state index < -0.39 is 0 Å². The molecular formula is C15H23ClN2. The van der Waals surface area contributed by atoms with Crippen molar-refractivity contribution in [1.82, 2.24) is 4.90 Å². The summed E-state index contributed by atoms with van der Waals surface area (Å²) >= 11 is 5.96. The second-order valence-corrected chi connectivity index (χ2v) is 6.25. The van der Waals surface area contributed by atoms with Crippen molar-refractivity contribution in [2.45, 2.75) is 39.8 Å². The average molecular weight is 267 g/mol. The summed E-state index contributed by atoms with van der Waals surface area (Å²) in [6, 6.07) is 6.61. The van der Waals surface area contributed by atoms with Gasteiger partial charge in [0.05, 0.1) is 10.7 Å². The summed E-state index contributed by atoms with van der Waals surface area (Å²) in [4.78, 5) is 2.56. The third-order valence-electron chi connectivity index (χ3n) is 4.17. The fourth-order valence-corrected chi connectivity index (χ4v) is 3.08. The minimum atomic E-state index is 0.637. The van der Waals surface area contributed by atoms with E-state index in [0.29, 0.717) is 16.8 Å². The van der Waals surface area contributed by atoms with Crippen LogP contribution in [0.4, 0.5) is 5.69 Å². The highest BCUT2D eigenvalue weighted by Crippen LogP contribution is 2.29. The van der Waals surface area contributed by atoms with Crippen LogP contribution in [0.25, 0.3) is 0 Å². The van der Waals surface area contributed by atoms with E-state index in [9.17, 15) is 0 Å². The highest BCUT2D eigenvalue weighted by molar-refractivity contribution is 6.33. The molecule has 2 N–H and O–H groups in total. The van der Waals surface area contributed by atoms with E-state index in [2.05, 4.69) is 31.7 Å². The molecule has 0 amide bonds. The Kier molecular flexibility index (Phi) is 4.18. The molecule has 1 aliphatic heterocycles. The highest BCUT2D eigenvalue weighted by atomic mass is 35.5. The monoisotopic (exact) mass is 266 g/mol. The molecule has 1 saturated heterocycles. The number of likely N-dealkylation sites (tertiary alicyclic amines) is 1. The Bertz CT molecular complexity index is 419. The lowest BCUT2D eigenvalue weighted by Gasteiger charge is -2.41. The number of nitrogens with zero attached hydrogens (tertiary/aromatic N) is 1. The zero-order valence-electron chi connectivity index (χ0n) is 11.5. The fourth-order valence-electron chi connectivity index (χ4n) is 2.97. The van der Waals surface area contributed by atoms with Crippen molar-refractivity contribution in [2.24, 2.45) is 11.8 Å². The first-order chi connectivity index (χ1) is 8.47. The van der Waals surface area contributed by atoms with Crippen LogP contribution in [0.3, 0.4) is 0 Å². The molecular weight excluding hydrogens is 244 g/mol. The molecule has 18 heavy (non-hydrogen) atoms. The lowest BCUT2D eigenvalue weighted by Crippen LogP contribution is -2.45. The summed E-state index contributed by atoms with van der Waals surface area (Å²) < 4.78 is 0. The van der Waals surface area contributed by atoms with E-state index in [1.807, 2.05) is 12.1 Å². The third kappa shape index (κ3) is 2.99. The molecule has 0 saturated carbocycles. The Labute approximate surface area is 115 Å². The van der Waals surface area contributed by atoms with Crippen molar-refractivity contribution in [3.8, 4) is 0 Å². The SMILES string of the molecule is CC1CC(C)C(C)N(Cc2ccc(Cl)c(N)c2)C1. The third-order valence-corrected chi connectivity index (χ3v) is 4.51. The second kappa shape index (κ2) is 5.50. The maximum Gasteiger partial charge on any atom is 0.0635 e. The number of benzene rings is 1. The molecule has 0 aliphatic carbocycles. The molecule has 3 atom stereocenters. The molecule has 3 heteroatoms. The van der Waals surface area contributed by atoms with Crippen LogP contribution in [0.2, 0.25) is 5.02 Å². The van der Waals surface area contributed by atoms with Crippen LogP contribution in [0.5, 0.6) is 0 Å². The molecule has 1 heterocycles. The first-order valence-corrected chi connectivity index (χ1v) is 7.13. The molecule has 0 radical (unpaired) electrons. The van der Waals surface area contributed by atoms with Gasteiger partial charge in [0.1, 0.15) is 0 Å². The predicted octanol–water partition coefficient (Wildman–Crippen LogP) is 3.79. The fraction of sp³-hybridized carbons (Fsp3) is 0.600. The van der Waals surface area contributed by atoms with Gasteiger partial charge in [-0.2, -0.15) is 0 Å². The van der Waals surface area contributed by atoms with E-state index in [-0.39, 0.29) is 0 Å². The number of anilines is 1. The first kappa shape index (κ1) is 13.7. The molecule has 0 aromatic heterocycles. The summed E-state index contributed by atoms with van der Waals surface area (Å²) in [6.07, 6.45) is 1.33. The van der Waals surface area contributed by atoms with Gasteiger partial charge in [-0.15, -0.1) is 0 Å². The highest BCUT2D eigenvalue weighted by Gasteiger charge is 2.28. The number of nitrogen functional groups attached to an aromatic ring is 1. The number of nitrogens with two attached hydrogens (primary N) is 1. The van der Waals surface area contributed by atoms with Gasteiger partial charge in [0.2, 0.25) is 0 Å². The summed E-state index contributed by atoms with van der Waals surface area (Å²) in [5, 5.41) is 0.646. The molecule has 1 aromatic rings. The van der Waals surface area contributed by atoms with Crippen LogP contribution in [-0.2, 0) is 6.54 Å². The molecule has 2 nitrogen and oxygen atoms in total. The van der Waals surface area contributed by atoms with E-state index in [1.165, 1.54) is 18.5 Å². The van der Waals surface area contributed by atoms with Gasteiger partial charge in [-0.05, 0) is 42.9 Å². The van der Waals surface area contributed by atoms with E-state index in [0.717, 1.165) is 18.4 Å². The van der Waals surface area contributed by atoms with Gasteiger partial charge in [-0.25, -0.2) is 0 Å². The normalized spacial score (nSPS) is 29.4. The Morgan fingerprint density at radius 3 is 2.72 bits per heavy atom. The topological polar surface area (TPSA) is 29.3 Å². The van der Waals surface area contributed by atoms with Gasteiger partial charge >= 0.3 is 0 Å². The second-order valence-electron chi connectivity index (χ2n) is 5.84. The molecule has 1 aromatic carbocycles. The van der Waals surface area contributed by atoms with Crippen molar-refractivity contribution in [1.29, 1.82) is 0 Å². The summed E-state index contributed by atoms with van der Waals surface area (Å²) in [5.41, 5.74) is 7.80. The Balaban J connectivity index is 2.09. The molecule has 2 rings (SSSR count). The van der Waals surface area contributed by atoms with Crippen LogP contribution in [0, 0.1) is 11.8 Å². The van der Waals surface area contributed by atoms with Crippen LogP contribution >= 0.6 is 11.6 Å². The van der Waals surface area contributed by atoms with Crippen LogP contribution in [0.1, 0.15) is 32.8 Å². The van der Waals surface area contributed by atoms with Crippen LogP contribution in [0.15, 0.2) is 18.2 Å². The minimum Gasteiger partial charge on any atom is -0.398 e. The number of rotatable bonds is 2. The maximum absolute atomic E-state index is 5.96. The lowest BCUT2D eigenvalue weighted by molar-refractivity contribution is 0.0730. The molecule has 100 valence electrons. The van der Waals surface area contributed by atoms with E-state index >= 15 is 0 Å². The minimum absolute atomic E-state index is 0.637. The summed E-state index contributed by atoms with van der Waals surface area (Å²) in [5.74, 6) is 1.54. The number of hydrogen-bond donors (Lipinski definition) is 1. The Morgan fingerprint density at radius 2 is 2.06 bits per heavy atom. The van der Waals surface area contributed by atoms with Gasteiger partial charge in [-0.1, -0.05) is 31.5 Å². The van der Waals surface area contributed by atoms with Gasteiger partial charge in [0.15, 0.2) is 0 Å². The molecule has 0 bridgehead atoms.